The van der Waals surface area contributed by atoms with Crippen molar-refractivity contribution < 1.29 is 22.7 Å². The summed E-state index contributed by atoms with van der Waals surface area (Å²) in [7, 11) is -0.730. The van der Waals surface area contributed by atoms with Crippen molar-refractivity contribution in [2.24, 2.45) is 0 Å². The predicted octanol–water partition coefficient (Wildman–Crippen LogP) is 4.01. The van der Waals surface area contributed by atoms with Gasteiger partial charge in [0.15, 0.2) is 0 Å². The number of hydrogen-bond donors (Lipinski definition) is 1. The van der Waals surface area contributed by atoms with E-state index < -0.39 is 33.5 Å². The van der Waals surface area contributed by atoms with Crippen LogP contribution in [0.25, 0.3) is 10.2 Å². The Labute approximate surface area is 236 Å². The van der Waals surface area contributed by atoms with Crippen LogP contribution in [0.3, 0.4) is 0 Å². The van der Waals surface area contributed by atoms with E-state index in [9.17, 15) is 22.8 Å². The molecule has 0 aliphatic carbocycles. The maximum Gasteiger partial charge on any atom is 0.348 e. The van der Waals surface area contributed by atoms with Gasteiger partial charge in [0.25, 0.3) is 5.56 Å². The fourth-order valence-electron chi connectivity index (χ4n) is 4.18. The Bertz CT molecular complexity index is 1690. The number of carbonyl (C=O) groups excluding carboxylic acids is 2. The van der Waals surface area contributed by atoms with Crippen LogP contribution < -0.4 is 10.9 Å². The molecule has 2 aromatic carbocycles. The zero-order chi connectivity index (χ0) is 29.0. The number of ether oxygens (including phenoxy) is 1. The predicted molar refractivity (Wildman–Crippen MR) is 154 cm³/mol. The number of anilines is 1. The third-order valence-corrected chi connectivity index (χ3v) is 9.46. The molecule has 2 aromatic heterocycles. The summed E-state index contributed by atoms with van der Waals surface area (Å²) in [6.45, 7) is 3.64. The lowest BCUT2D eigenvalue weighted by atomic mass is 10.1. The van der Waals surface area contributed by atoms with Crippen LogP contribution in [-0.2, 0) is 26.0 Å². The molecule has 1 amide bonds. The van der Waals surface area contributed by atoms with Crippen LogP contribution >= 0.6 is 11.3 Å². The number of nitrogens with zero attached hydrogens (tertiary/aromatic N) is 3. The molecule has 0 bridgehead atoms. The largest absolute Gasteiger partial charge is 0.461 e. The number of thiophene rings is 1. The van der Waals surface area contributed by atoms with E-state index in [1.807, 2.05) is 30.3 Å². The molecule has 1 N–H and O–H groups in total. The van der Waals surface area contributed by atoms with Gasteiger partial charge in [-0.3, -0.25) is 14.2 Å². The number of fused-ring (bicyclic) bond motifs is 1. The molecule has 4 rings (SSSR count). The summed E-state index contributed by atoms with van der Waals surface area (Å²) in [4.78, 5) is 44.6. The average molecular weight is 583 g/mol. The molecule has 1 unspecified atom stereocenters. The van der Waals surface area contributed by atoms with E-state index in [-0.39, 0.29) is 16.9 Å². The molecule has 0 aliphatic heterocycles. The monoisotopic (exact) mass is 582 g/mol. The van der Waals surface area contributed by atoms with Crippen molar-refractivity contribution >= 4 is 49.1 Å². The summed E-state index contributed by atoms with van der Waals surface area (Å²) in [6.07, 6.45) is 2.18. The zero-order valence-electron chi connectivity index (χ0n) is 22.6. The van der Waals surface area contributed by atoms with Gasteiger partial charge < -0.3 is 10.1 Å². The third kappa shape index (κ3) is 5.98. The summed E-state index contributed by atoms with van der Waals surface area (Å²) in [5, 5.41) is 3.01. The number of rotatable bonds is 10. The number of sulfonamides is 1. The minimum absolute atomic E-state index is 0.0933. The second-order valence-corrected chi connectivity index (χ2v) is 12.4. The number of aromatic nitrogens is 2. The molecule has 2 heterocycles. The molecule has 0 radical (unpaired) electrons. The lowest BCUT2D eigenvalue weighted by Crippen LogP contribution is -2.33. The summed E-state index contributed by atoms with van der Waals surface area (Å²) < 4.78 is 32.4. The van der Waals surface area contributed by atoms with E-state index in [2.05, 4.69) is 10.3 Å². The highest BCUT2D eigenvalue weighted by Gasteiger charge is 2.25. The van der Waals surface area contributed by atoms with Crippen molar-refractivity contribution in [3.8, 4) is 0 Å². The first-order chi connectivity index (χ1) is 19.0. The van der Waals surface area contributed by atoms with Gasteiger partial charge in [-0.25, -0.2) is 22.5 Å². The highest BCUT2D eigenvalue weighted by molar-refractivity contribution is 7.89. The van der Waals surface area contributed by atoms with Gasteiger partial charge >= 0.3 is 5.97 Å². The summed E-state index contributed by atoms with van der Waals surface area (Å²) in [5.74, 6) is -0.978. The molecule has 10 nitrogen and oxygen atoms in total. The van der Waals surface area contributed by atoms with Crippen LogP contribution in [0.5, 0.6) is 0 Å². The minimum Gasteiger partial charge on any atom is -0.461 e. The Hall–Kier alpha value is -3.87. The lowest BCUT2D eigenvalue weighted by molar-refractivity contribution is -0.119. The highest BCUT2D eigenvalue weighted by Crippen LogP contribution is 2.28. The lowest BCUT2D eigenvalue weighted by Gasteiger charge is -2.18. The molecule has 12 heteroatoms. The number of aryl methyl sites for hydroxylation is 1. The van der Waals surface area contributed by atoms with Gasteiger partial charge in [-0.2, -0.15) is 0 Å². The molecule has 1 atom stereocenters. The van der Waals surface area contributed by atoms with Gasteiger partial charge in [0.05, 0.1) is 23.2 Å². The van der Waals surface area contributed by atoms with Crippen molar-refractivity contribution in [2.75, 3.05) is 26.0 Å². The molecule has 40 heavy (non-hydrogen) atoms. The maximum absolute atomic E-state index is 13.5. The van der Waals surface area contributed by atoms with Gasteiger partial charge in [0.2, 0.25) is 15.9 Å². The quantitative estimate of drug-likeness (QED) is 0.280. The molecule has 0 aliphatic rings. The topological polar surface area (TPSA) is 128 Å². The van der Waals surface area contributed by atoms with Gasteiger partial charge in [0, 0.05) is 26.2 Å². The Kier molecular flexibility index (Phi) is 8.82. The summed E-state index contributed by atoms with van der Waals surface area (Å²) >= 11 is 1.08. The Balaban J connectivity index is 1.53. The number of carbonyl (C=O) groups is 2. The van der Waals surface area contributed by atoms with Gasteiger partial charge in [-0.15, -0.1) is 11.3 Å². The van der Waals surface area contributed by atoms with Crippen molar-refractivity contribution in [1.82, 2.24) is 13.9 Å². The van der Waals surface area contributed by atoms with Crippen LogP contribution in [0.1, 0.15) is 40.2 Å². The molecule has 4 aromatic rings. The normalized spacial score (nSPS) is 12.4. The SMILES string of the molecule is CCC(C(=O)Nc1ccc(S(=O)(=O)N(C)C)cc1)n1cnc2sc(C(=O)OCCc3ccccc3)c(C)c2c1=O. The smallest absolute Gasteiger partial charge is 0.348 e. The van der Waals surface area contributed by atoms with Crippen molar-refractivity contribution in [1.29, 1.82) is 0 Å². The molecule has 0 saturated heterocycles. The number of hydrogen-bond acceptors (Lipinski definition) is 8. The standard InChI is InChI=1S/C28H30N4O6S2/c1-5-22(25(33)30-20-11-13-21(14-12-20)40(36,37)31(3)4)32-17-29-26-23(27(32)34)18(2)24(39-26)28(35)38-16-15-19-9-7-6-8-10-19/h6-14,17,22H,5,15-16H2,1-4H3,(H,30,33). The maximum atomic E-state index is 13.5. The highest BCUT2D eigenvalue weighted by atomic mass is 32.2. The Morgan fingerprint density at radius 3 is 2.40 bits per heavy atom. The van der Waals surface area contributed by atoms with Crippen LogP contribution in [0.4, 0.5) is 5.69 Å². The van der Waals surface area contributed by atoms with E-state index in [0.717, 1.165) is 21.2 Å². The van der Waals surface area contributed by atoms with E-state index in [1.165, 1.54) is 49.3 Å². The van der Waals surface area contributed by atoms with Crippen LogP contribution in [-0.4, -0.2) is 54.9 Å². The van der Waals surface area contributed by atoms with Crippen molar-refractivity contribution in [3.63, 3.8) is 0 Å². The number of benzene rings is 2. The first-order valence-corrected chi connectivity index (χ1v) is 14.8. The molecule has 210 valence electrons. The second kappa shape index (κ2) is 12.1. The number of amides is 1. The second-order valence-electron chi connectivity index (χ2n) is 9.29. The van der Waals surface area contributed by atoms with E-state index in [0.29, 0.717) is 33.8 Å². The first-order valence-electron chi connectivity index (χ1n) is 12.6. The van der Waals surface area contributed by atoms with Crippen LogP contribution in [0.15, 0.2) is 70.6 Å². The molecule has 0 fully saturated rings. The Morgan fingerprint density at radius 1 is 1.10 bits per heavy atom. The molecule has 0 saturated carbocycles. The molecule has 0 spiro atoms. The fraction of sp³-hybridized carbons (Fsp3) is 0.286. The molecular formula is C28H30N4O6S2. The Morgan fingerprint density at radius 2 is 1.77 bits per heavy atom. The average Bonchev–Trinajstić information content (AvgIpc) is 3.28. The first kappa shape index (κ1) is 29.1. The van der Waals surface area contributed by atoms with Crippen molar-refractivity contribution in [3.05, 3.63) is 87.3 Å². The molecular weight excluding hydrogens is 552 g/mol. The van der Waals surface area contributed by atoms with Gasteiger partial charge in [-0.1, -0.05) is 37.3 Å². The van der Waals surface area contributed by atoms with E-state index in [1.54, 1.807) is 13.8 Å². The van der Waals surface area contributed by atoms with E-state index >= 15 is 0 Å². The minimum atomic E-state index is -3.60. The fourth-order valence-corrected chi connectivity index (χ4v) is 6.12. The number of nitrogens with one attached hydrogen (secondary N) is 1. The van der Waals surface area contributed by atoms with E-state index in [4.69, 9.17) is 4.74 Å². The van der Waals surface area contributed by atoms with Crippen LogP contribution in [0, 0.1) is 6.92 Å². The zero-order valence-corrected chi connectivity index (χ0v) is 24.2. The van der Waals surface area contributed by atoms with Gasteiger partial charge in [0.1, 0.15) is 15.7 Å². The van der Waals surface area contributed by atoms with Crippen molar-refractivity contribution in [2.45, 2.75) is 37.6 Å². The summed E-state index contributed by atoms with van der Waals surface area (Å²) in [6, 6.07) is 14.6. The third-order valence-electron chi connectivity index (χ3n) is 6.45. The number of esters is 1. The van der Waals surface area contributed by atoms with Gasteiger partial charge in [-0.05, 0) is 48.7 Å². The summed E-state index contributed by atoms with van der Waals surface area (Å²) in [5.41, 5.74) is 1.46. The van der Waals surface area contributed by atoms with Crippen LogP contribution in [0.2, 0.25) is 0 Å².